The van der Waals surface area contributed by atoms with E-state index in [1.807, 2.05) is 35.0 Å². The van der Waals surface area contributed by atoms with E-state index in [-0.39, 0.29) is 11.9 Å². The smallest absolute Gasteiger partial charge is 0.154 e. The van der Waals surface area contributed by atoms with Crippen LogP contribution in [0.15, 0.2) is 60.8 Å². The number of halogens is 1. The number of nitrogens with zero attached hydrogens (tertiary/aromatic N) is 6. The Morgan fingerprint density at radius 1 is 0.971 bits per heavy atom. The highest BCUT2D eigenvalue weighted by atomic mass is 19.1. The molecule has 3 aromatic heterocycles. The zero-order chi connectivity index (χ0) is 23.9. The molecule has 2 aliphatic rings. The fraction of sp³-hybridized carbons (Fsp3) is 0.370. The van der Waals surface area contributed by atoms with Gasteiger partial charge in [0.05, 0.1) is 17.9 Å². The van der Waals surface area contributed by atoms with Crippen LogP contribution in [0.4, 0.5) is 16.0 Å². The number of hydrogen-bond donors (Lipinski definition) is 1. The molecule has 4 aromatic rings. The van der Waals surface area contributed by atoms with E-state index in [1.165, 1.54) is 6.07 Å². The number of pyridine rings is 1. The standard InChI is InChI=1S/C27H30FN7/c1-18-16-33(17-19(2)30-18)26-10-4-8-22(31-26)24-15-29-25-11-12-27(32-35(24)25)34-13-5-9-23(34)20-6-3-7-21(28)14-20/h3-4,6-8,10-12,14-15,18-19,23,30H,5,9,13,16-17H2,1-2H3/t18-,19+,23?. The number of fused-ring (bicyclic) bond motifs is 1. The summed E-state index contributed by atoms with van der Waals surface area (Å²) in [6.45, 7) is 7.14. The Labute approximate surface area is 204 Å². The van der Waals surface area contributed by atoms with Crippen molar-refractivity contribution in [3.63, 3.8) is 0 Å². The van der Waals surface area contributed by atoms with Crippen LogP contribution >= 0.6 is 0 Å². The topological polar surface area (TPSA) is 61.6 Å². The van der Waals surface area contributed by atoms with Gasteiger partial charge in [0, 0.05) is 31.7 Å². The van der Waals surface area contributed by atoms with Gasteiger partial charge in [0.15, 0.2) is 5.65 Å². The lowest BCUT2D eigenvalue weighted by atomic mass is 10.0. The summed E-state index contributed by atoms with van der Waals surface area (Å²) >= 11 is 0. The summed E-state index contributed by atoms with van der Waals surface area (Å²) in [5.41, 5.74) is 3.48. The quantitative estimate of drug-likeness (QED) is 0.474. The summed E-state index contributed by atoms with van der Waals surface area (Å²) < 4.78 is 15.8. The van der Waals surface area contributed by atoms with Crippen molar-refractivity contribution < 1.29 is 4.39 Å². The molecule has 180 valence electrons. The molecule has 0 saturated carbocycles. The normalized spacial score (nSPS) is 22.8. The van der Waals surface area contributed by atoms with Crippen molar-refractivity contribution in [3.05, 3.63) is 72.2 Å². The van der Waals surface area contributed by atoms with Crippen LogP contribution in [0.25, 0.3) is 17.0 Å². The molecule has 1 unspecified atom stereocenters. The van der Waals surface area contributed by atoms with Crippen LogP contribution in [0.5, 0.6) is 0 Å². The minimum atomic E-state index is -0.200. The maximum atomic E-state index is 13.9. The van der Waals surface area contributed by atoms with Gasteiger partial charge in [0.2, 0.25) is 0 Å². The van der Waals surface area contributed by atoms with Crippen molar-refractivity contribution in [2.75, 3.05) is 29.4 Å². The molecule has 0 bridgehead atoms. The van der Waals surface area contributed by atoms with Gasteiger partial charge in [-0.25, -0.2) is 18.9 Å². The number of piperazine rings is 1. The minimum Gasteiger partial charge on any atom is -0.353 e. The third-order valence-electron chi connectivity index (χ3n) is 7.01. The van der Waals surface area contributed by atoms with Crippen molar-refractivity contribution in [3.8, 4) is 11.4 Å². The van der Waals surface area contributed by atoms with Crippen molar-refractivity contribution in [1.82, 2.24) is 24.9 Å². The summed E-state index contributed by atoms with van der Waals surface area (Å²) in [6.07, 6.45) is 3.86. The lowest BCUT2D eigenvalue weighted by molar-refractivity contribution is 0.405. The van der Waals surface area contributed by atoms with Gasteiger partial charge in [-0.2, -0.15) is 0 Å². The van der Waals surface area contributed by atoms with E-state index in [9.17, 15) is 4.39 Å². The zero-order valence-electron chi connectivity index (χ0n) is 20.1. The molecule has 3 atom stereocenters. The SMILES string of the molecule is C[C@@H]1CN(c2cccc(-c3cnc4ccc(N5CCCC5c5cccc(F)c5)nn34)n2)C[C@H](C)N1. The van der Waals surface area contributed by atoms with Crippen molar-refractivity contribution in [2.45, 2.75) is 44.8 Å². The van der Waals surface area contributed by atoms with Gasteiger partial charge in [-0.15, -0.1) is 5.10 Å². The molecule has 0 radical (unpaired) electrons. The molecule has 2 fully saturated rings. The van der Waals surface area contributed by atoms with Crippen molar-refractivity contribution in [2.24, 2.45) is 0 Å². The Kier molecular flexibility index (Phi) is 5.60. The Morgan fingerprint density at radius 3 is 2.63 bits per heavy atom. The zero-order valence-corrected chi connectivity index (χ0v) is 20.1. The Balaban J connectivity index is 1.34. The molecular weight excluding hydrogens is 441 g/mol. The fourth-order valence-electron chi connectivity index (χ4n) is 5.55. The number of hydrogen-bond acceptors (Lipinski definition) is 6. The Morgan fingerprint density at radius 2 is 1.80 bits per heavy atom. The maximum absolute atomic E-state index is 13.9. The van der Waals surface area contributed by atoms with E-state index in [2.05, 4.69) is 46.1 Å². The first-order valence-corrected chi connectivity index (χ1v) is 12.4. The molecule has 8 heteroatoms. The van der Waals surface area contributed by atoms with Crippen LogP contribution in [0.2, 0.25) is 0 Å². The summed E-state index contributed by atoms with van der Waals surface area (Å²) in [7, 11) is 0. The van der Waals surface area contributed by atoms with E-state index < -0.39 is 0 Å². The molecule has 0 aliphatic carbocycles. The lowest BCUT2D eigenvalue weighted by Gasteiger charge is -2.37. The van der Waals surface area contributed by atoms with Crippen LogP contribution in [0.3, 0.4) is 0 Å². The third-order valence-corrected chi connectivity index (χ3v) is 7.01. The molecule has 0 amide bonds. The first-order chi connectivity index (χ1) is 17.0. The highest BCUT2D eigenvalue weighted by molar-refractivity contribution is 5.63. The van der Waals surface area contributed by atoms with E-state index in [1.54, 1.807) is 12.1 Å². The predicted octanol–water partition coefficient (Wildman–Crippen LogP) is 4.46. The Hall–Kier alpha value is -3.52. The van der Waals surface area contributed by atoms with E-state index in [0.29, 0.717) is 12.1 Å². The molecular formula is C27H30FN7. The van der Waals surface area contributed by atoms with Crippen molar-refractivity contribution >= 4 is 17.3 Å². The fourth-order valence-corrected chi connectivity index (χ4v) is 5.55. The van der Waals surface area contributed by atoms with Gasteiger partial charge in [0.1, 0.15) is 23.1 Å². The highest BCUT2D eigenvalue weighted by Crippen LogP contribution is 2.35. The summed E-state index contributed by atoms with van der Waals surface area (Å²) in [6, 6.07) is 18.0. The Bertz CT molecular complexity index is 1340. The van der Waals surface area contributed by atoms with Gasteiger partial charge >= 0.3 is 0 Å². The number of rotatable bonds is 4. The van der Waals surface area contributed by atoms with Crippen LogP contribution in [0, 0.1) is 5.82 Å². The molecule has 1 N–H and O–H groups in total. The molecule has 0 spiro atoms. The molecule has 7 nitrogen and oxygen atoms in total. The van der Waals surface area contributed by atoms with E-state index in [4.69, 9.17) is 10.1 Å². The van der Waals surface area contributed by atoms with Gasteiger partial charge in [-0.3, -0.25) is 0 Å². The molecule has 5 heterocycles. The molecule has 2 aliphatic heterocycles. The van der Waals surface area contributed by atoms with E-state index >= 15 is 0 Å². The molecule has 6 rings (SSSR count). The third kappa shape index (κ3) is 4.23. The lowest BCUT2D eigenvalue weighted by Crippen LogP contribution is -2.54. The van der Waals surface area contributed by atoms with Crippen LogP contribution < -0.4 is 15.1 Å². The first kappa shape index (κ1) is 22.0. The molecule has 35 heavy (non-hydrogen) atoms. The number of benzene rings is 1. The van der Waals surface area contributed by atoms with Crippen molar-refractivity contribution in [1.29, 1.82) is 0 Å². The molecule has 2 saturated heterocycles. The van der Waals surface area contributed by atoms with Gasteiger partial charge < -0.3 is 15.1 Å². The van der Waals surface area contributed by atoms with Crippen LogP contribution in [0.1, 0.15) is 38.3 Å². The second-order valence-electron chi connectivity index (χ2n) is 9.77. The first-order valence-electron chi connectivity index (χ1n) is 12.4. The summed E-state index contributed by atoms with van der Waals surface area (Å²) in [4.78, 5) is 14.2. The second kappa shape index (κ2) is 8.92. The average Bonchev–Trinajstić information content (AvgIpc) is 3.51. The number of imidazole rings is 1. The highest BCUT2D eigenvalue weighted by Gasteiger charge is 2.28. The molecule has 1 aromatic carbocycles. The summed E-state index contributed by atoms with van der Waals surface area (Å²) in [5, 5.41) is 8.56. The van der Waals surface area contributed by atoms with Gasteiger partial charge in [-0.1, -0.05) is 18.2 Å². The maximum Gasteiger partial charge on any atom is 0.154 e. The second-order valence-corrected chi connectivity index (χ2v) is 9.77. The van der Waals surface area contributed by atoms with Gasteiger partial charge in [-0.05, 0) is 68.7 Å². The minimum absolute atomic E-state index is 0.112. The monoisotopic (exact) mass is 471 g/mol. The van der Waals surface area contributed by atoms with Gasteiger partial charge in [0.25, 0.3) is 0 Å². The number of aromatic nitrogens is 4. The van der Waals surface area contributed by atoms with Crippen LogP contribution in [-0.2, 0) is 0 Å². The number of nitrogens with one attached hydrogen (secondary N) is 1. The average molecular weight is 472 g/mol. The summed E-state index contributed by atoms with van der Waals surface area (Å²) in [5.74, 6) is 1.64. The van der Waals surface area contributed by atoms with E-state index in [0.717, 1.165) is 66.7 Å². The largest absolute Gasteiger partial charge is 0.353 e. The van der Waals surface area contributed by atoms with Crippen LogP contribution in [-0.4, -0.2) is 51.3 Å². The number of anilines is 2. The predicted molar refractivity (Wildman–Crippen MR) is 136 cm³/mol.